The second-order valence-electron chi connectivity index (χ2n) is 8.55. The number of thiophene rings is 1. The number of carbonyl (C=O) groups is 3. The lowest BCUT2D eigenvalue weighted by molar-refractivity contribution is -0.126. The number of aromatic nitrogens is 1. The third-order valence-electron chi connectivity index (χ3n) is 6.13. The van der Waals surface area contributed by atoms with Gasteiger partial charge >= 0.3 is 0 Å². The lowest BCUT2D eigenvalue weighted by Crippen LogP contribution is -2.45. The molecule has 3 aromatic rings. The Balaban J connectivity index is 1.78. The summed E-state index contributed by atoms with van der Waals surface area (Å²) in [6, 6.07) is 7.69. The highest BCUT2D eigenvalue weighted by Gasteiger charge is 2.36. The number of amides is 3. The predicted octanol–water partition coefficient (Wildman–Crippen LogP) is 2.58. The third kappa shape index (κ3) is 5.90. The number of carbonyl (C=O) groups excluding carboxylic acids is 3. The van der Waals surface area contributed by atoms with Crippen LogP contribution in [0.3, 0.4) is 0 Å². The van der Waals surface area contributed by atoms with Gasteiger partial charge in [0, 0.05) is 18.0 Å². The molecule has 1 aromatic carbocycles. The Morgan fingerprint density at radius 1 is 1.24 bits per heavy atom. The summed E-state index contributed by atoms with van der Waals surface area (Å²) in [5, 5.41) is 4.83. The van der Waals surface area contributed by atoms with Gasteiger partial charge in [-0.05, 0) is 53.5 Å². The summed E-state index contributed by atoms with van der Waals surface area (Å²) in [4.78, 5) is 41.8. The van der Waals surface area contributed by atoms with Crippen molar-refractivity contribution in [3.63, 3.8) is 0 Å². The molecule has 4 rings (SSSR count). The molecule has 0 radical (unpaired) electrons. The molecular formula is C25H29N5O6S2. The maximum absolute atomic E-state index is 14.0. The van der Waals surface area contributed by atoms with E-state index in [9.17, 15) is 14.4 Å². The number of nitrogens with one attached hydrogen (secondary N) is 1. The second kappa shape index (κ2) is 12.2. The summed E-state index contributed by atoms with van der Waals surface area (Å²) in [7, 11) is 3.00. The minimum atomic E-state index is -1.08. The highest BCUT2D eigenvalue weighted by Crippen LogP contribution is 2.35. The van der Waals surface area contributed by atoms with E-state index in [-0.39, 0.29) is 28.9 Å². The Hall–Kier alpha value is -3.68. The highest BCUT2D eigenvalue weighted by molar-refractivity contribution is 7.10. The van der Waals surface area contributed by atoms with Gasteiger partial charge in [0.05, 0.1) is 32.6 Å². The molecule has 13 heteroatoms. The van der Waals surface area contributed by atoms with E-state index in [0.717, 1.165) is 29.3 Å². The average Bonchev–Trinajstić information content (AvgIpc) is 3.69. The fourth-order valence-electron chi connectivity index (χ4n) is 4.22. The Labute approximate surface area is 227 Å². The smallest absolute Gasteiger partial charge is 0.270 e. The lowest BCUT2D eigenvalue weighted by Gasteiger charge is -2.31. The van der Waals surface area contributed by atoms with E-state index in [4.69, 9.17) is 25.7 Å². The van der Waals surface area contributed by atoms with Gasteiger partial charge in [0.15, 0.2) is 17.2 Å². The molecule has 202 valence electrons. The van der Waals surface area contributed by atoms with Crippen LogP contribution in [0.4, 0.5) is 5.69 Å². The molecule has 2 aromatic heterocycles. The molecule has 0 bridgehead atoms. The molecule has 5 N–H and O–H groups in total. The van der Waals surface area contributed by atoms with Crippen molar-refractivity contribution >= 4 is 46.3 Å². The van der Waals surface area contributed by atoms with Gasteiger partial charge in [-0.2, -0.15) is 4.37 Å². The number of anilines is 1. The van der Waals surface area contributed by atoms with E-state index in [1.807, 2.05) is 17.5 Å². The van der Waals surface area contributed by atoms with Crippen LogP contribution in [-0.2, 0) is 16.1 Å². The van der Waals surface area contributed by atoms with Gasteiger partial charge in [-0.3, -0.25) is 14.4 Å². The third-order valence-corrected chi connectivity index (χ3v) is 7.85. The van der Waals surface area contributed by atoms with Crippen molar-refractivity contribution in [2.24, 2.45) is 5.73 Å². The fourth-order valence-corrected chi connectivity index (χ4v) is 5.69. The lowest BCUT2D eigenvalue weighted by atomic mass is 10.0. The topological polar surface area (TPSA) is 159 Å². The van der Waals surface area contributed by atoms with Crippen molar-refractivity contribution in [1.29, 1.82) is 0 Å². The SMILES string of the molecule is COc1ccc([C@H](C(=O)NC[C@H]2CCCO2)N(Cc2cccs2)C(=O)c2snc(C(N)=O)c2N)cc1OC. The Morgan fingerprint density at radius 3 is 2.63 bits per heavy atom. The van der Waals surface area contributed by atoms with Crippen molar-refractivity contribution in [1.82, 2.24) is 14.6 Å². The van der Waals surface area contributed by atoms with Crippen molar-refractivity contribution in [2.45, 2.75) is 31.5 Å². The number of hydrogen-bond donors (Lipinski definition) is 3. The molecule has 0 aliphatic carbocycles. The number of benzene rings is 1. The average molecular weight is 560 g/mol. The first kappa shape index (κ1) is 27.4. The monoisotopic (exact) mass is 559 g/mol. The molecule has 0 spiro atoms. The van der Waals surface area contributed by atoms with Gasteiger partial charge in [-0.1, -0.05) is 12.1 Å². The quantitative estimate of drug-likeness (QED) is 0.323. The number of nitrogens with two attached hydrogens (primary N) is 2. The van der Waals surface area contributed by atoms with Crippen LogP contribution in [0, 0.1) is 0 Å². The highest BCUT2D eigenvalue weighted by atomic mass is 32.1. The summed E-state index contributed by atoms with van der Waals surface area (Å²) in [6.07, 6.45) is 1.67. The molecule has 2 atom stereocenters. The van der Waals surface area contributed by atoms with Crippen LogP contribution in [0.1, 0.15) is 49.5 Å². The first-order valence-corrected chi connectivity index (χ1v) is 13.5. The zero-order valence-electron chi connectivity index (χ0n) is 21.0. The summed E-state index contributed by atoms with van der Waals surface area (Å²) in [5.41, 5.74) is 11.7. The Kier molecular flexibility index (Phi) is 8.81. The molecule has 0 saturated carbocycles. The number of methoxy groups -OCH3 is 2. The predicted molar refractivity (Wildman–Crippen MR) is 144 cm³/mol. The fraction of sp³-hybridized carbons (Fsp3) is 0.360. The maximum atomic E-state index is 14.0. The van der Waals surface area contributed by atoms with Gasteiger partial charge in [0.2, 0.25) is 5.91 Å². The summed E-state index contributed by atoms with van der Waals surface area (Å²) >= 11 is 2.21. The normalized spacial score (nSPS) is 15.6. The number of ether oxygens (including phenoxy) is 3. The number of hydrogen-bond acceptors (Lipinski definition) is 10. The van der Waals surface area contributed by atoms with Crippen LogP contribution in [0.15, 0.2) is 35.7 Å². The van der Waals surface area contributed by atoms with Crippen molar-refractivity contribution in [3.05, 3.63) is 56.7 Å². The zero-order valence-corrected chi connectivity index (χ0v) is 22.6. The molecule has 1 aliphatic heterocycles. The standard InChI is InChI=1S/C25H29N5O6S2/c1-34-17-8-7-14(11-18(17)35-2)21(24(32)28-12-15-5-3-9-36-15)30(13-16-6-4-10-37-16)25(33)22-19(26)20(23(27)31)29-38-22/h4,6-8,10-11,15,21H,3,5,9,12-13,26H2,1-2H3,(H2,27,31)(H,28,32)/t15-,21-/m1/s1. The van der Waals surface area contributed by atoms with Gasteiger partial charge in [0.25, 0.3) is 11.8 Å². The Bertz CT molecular complexity index is 1290. The van der Waals surface area contributed by atoms with Gasteiger partial charge < -0.3 is 35.9 Å². The molecule has 11 nitrogen and oxygen atoms in total. The molecule has 1 saturated heterocycles. The van der Waals surface area contributed by atoms with Crippen molar-refractivity contribution in [2.75, 3.05) is 33.1 Å². The van der Waals surface area contributed by atoms with Crippen LogP contribution in [0.25, 0.3) is 0 Å². The minimum Gasteiger partial charge on any atom is -0.493 e. The van der Waals surface area contributed by atoms with Crippen molar-refractivity contribution < 1.29 is 28.6 Å². The Morgan fingerprint density at radius 2 is 2.03 bits per heavy atom. The second-order valence-corrected chi connectivity index (χ2v) is 10.4. The van der Waals surface area contributed by atoms with Gasteiger partial charge in [-0.25, -0.2) is 0 Å². The number of nitrogens with zero attached hydrogens (tertiary/aromatic N) is 2. The summed E-state index contributed by atoms with van der Waals surface area (Å²) in [5.74, 6) is -0.931. The van der Waals surface area contributed by atoms with Crippen LogP contribution >= 0.6 is 22.9 Å². The van der Waals surface area contributed by atoms with E-state index in [1.165, 1.54) is 30.5 Å². The van der Waals surface area contributed by atoms with E-state index < -0.39 is 23.8 Å². The number of nitrogen functional groups attached to an aromatic ring is 1. The van der Waals surface area contributed by atoms with Gasteiger partial charge in [-0.15, -0.1) is 11.3 Å². The molecule has 38 heavy (non-hydrogen) atoms. The van der Waals surface area contributed by atoms with Crippen molar-refractivity contribution in [3.8, 4) is 11.5 Å². The number of rotatable bonds is 11. The molecule has 3 amide bonds. The van der Waals surface area contributed by atoms with E-state index in [1.54, 1.807) is 18.2 Å². The van der Waals surface area contributed by atoms with E-state index in [0.29, 0.717) is 30.2 Å². The maximum Gasteiger partial charge on any atom is 0.270 e. The van der Waals surface area contributed by atoms with Crippen LogP contribution in [0.2, 0.25) is 0 Å². The van der Waals surface area contributed by atoms with E-state index >= 15 is 0 Å². The summed E-state index contributed by atoms with van der Waals surface area (Å²) < 4.78 is 20.5. The first-order valence-electron chi connectivity index (χ1n) is 11.8. The zero-order chi connectivity index (χ0) is 27.2. The largest absolute Gasteiger partial charge is 0.493 e. The van der Waals surface area contributed by atoms with Crippen LogP contribution in [0.5, 0.6) is 11.5 Å². The molecule has 0 unspecified atom stereocenters. The van der Waals surface area contributed by atoms with Gasteiger partial charge in [0.1, 0.15) is 10.9 Å². The molecular weight excluding hydrogens is 530 g/mol. The van der Waals surface area contributed by atoms with E-state index in [2.05, 4.69) is 9.69 Å². The minimum absolute atomic E-state index is 0.0211. The molecule has 1 fully saturated rings. The van der Waals surface area contributed by atoms with Crippen LogP contribution < -0.4 is 26.3 Å². The summed E-state index contributed by atoms with van der Waals surface area (Å²) in [6.45, 7) is 1.06. The first-order chi connectivity index (χ1) is 18.3. The number of primary amides is 1. The molecule has 3 heterocycles. The van der Waals surface area contributed by atoms with Crippen LogP contribution in [-0.4, -0.2) is 60.5 Å². The molecule has 1 aliphatic rings.